The molecule has 0 unspecified atom stereocenters. The Morgan fingerprint density at radius 3 is 2.33 bits per heavy atom. The zero-order valence-corrected chi connectivity index (χ0v) is 20.6. The molecular weight excluding hydrogens is 538 g/mol. The number of halogens is 2. The van der Waals surface area contributed by atoms with Crippen molar-refractivity contribution in [1.82, 2.24) is 16.2 Å². The quantitative estimate of drug-likeness (QED) is 0.371. The van der Waals surface area contributed by atoms with Crippen molar-refractivity contribution in [3.05, 3.63) is 56.0 Å². The molecule has 2 rings (SSSR count). The highest BCUT2D eigenvalue weighted by atomic mass is 79.9. The minimum absolute atomic E-state index is 0.0566. The second kappa shape index (κ2) is 11.3. The number of hydrogen-bond acceptors (Lipinski definition) is 5. The number of carbonyl (C=O) groups excluding carboxylic acids is 2. The maximum absolute atomic E-state index is 12.0. The van der Waals surface area contributed by atoms with Crippen LogP contribution in [0.1, 0.15) is 16.7 Å². The van der Waals surface area contributed by atoms with E-state index in [1.54, 1.807) is 0 Å². The van der Waals surface area contributed by atoms with Crippen LogP contribution in [0.4, 0.5) is 0 Å². The molecule has 0 radical (unpaired) electrons. The number of carbonyl (C=O) groups is 2. The number of hydrazine groups is 1. The van der Waals surface area contributed by atoms with Gasteiger partial charge in [0.2, 0.25) is 0 Å². The van der Waals surface area contributed by atoms with E-state index in [0.29, 0.717) is 11.5 Å². The van der Waals surface area contributed by atoms with Gasteiger partial charge in [-0.2, -0.15) is 0 Å². The summed E-state index contributed by atoms with van der Waals surface area (Å²) < 4.78 is 12.7. The van der Waals surface area contributed by atoms with Gasteiger partial charge in [-0.3, -0.25) is 25.8 Å². The molecule has 0 spiro atoms. The summed E-state index contributed by atoms with van der Waals surface area (Å²) in [6.45, 7) is 5.26. The smallest absolute Gasteiger partial charge is 0.276 e. The molecule has 30 heavy (non-hydrogen) atoms. The predicted molar refractivity (Wildman–Crippen MR) is 126 cm³/mol. The maximum atomic E-state index is 12.0. The molecule has 2 amide bonds. The number of hydrogen-bond donors (Lipinski definition) is 3. The van der Waals surface area contributed by atoms with Crippen LogP contribution in [0.15, 0.2) is 39.3 Å². The average molecular weight is 559 g/mol. The average Bonchev–Trinajstić information content (AvgIpc) is 2.66. The monoisotopic (exact) mass is 557 g/mol. The lowest BCUT2D eigenvalue weighted by Gasteiger charge is -2.14. The fraction of sp³-hybridized carbons (Fsp3) is 0.250. The van der Waals surface area contributed by atoms with Gasteiger partial charge in [0.15, 0.2) is 18.3 Å². The lowest BCUT2D eigenvalue weighted by Crippen LogP contribution is -2.50. The molecule has 0 atom stereocenters. The first kappa shape index (κ1) is 24.1. The second-order valence-electron chi connectivity index (χ2n) is 6.43. The van der Waals surface area contributed by atoms with E-state index in [4.69, 9.17) is 21.7 Å². The molecule has 0 aromatic heterocycles. The molecule has 10 heteroatoms. The summed E-state index contributed by atoms with van der Waals surface area (Å²) in [6, 6.07) is 9.43. The van der Waals surface area contributed by atoms with Gasteiger partial charge in [0, 0.05) is 4.47 Å². The lowest BCUT2D eigenvalue weighted by atomic mass is 10.1. The summed E-state index contributed by atoms with van der Waals surface area (Å²) in [5.41, 5.74) is 7.64. The Labute approximate surface area is 197 Å². The molecular formula is C20H21Br2N3O4S. The lowest BCUT2D eigenvalue weighted by molar-refractivity contribution is -0.124. The first-order chi connectivity index (χ1) is 14.2. The van der Waals surface area contributed by atoms with Gasteiger partial charge in [-0.15, -0.1) is 0 Å². The van der Waals surface area contributed by atoms with Crippen molar-refractivity contribution in [1.29, 1.82) is 0 Å². The normalized spacial score (nSPS) is 10.2. The highest BCUT2D eigenvalue weighted by Gasteiger charge is 2.11. The Hall–Kier alpha value is -2.17. The molecule has 0 saturated carbocycles. The zero-order chi connectivity index (χ0) is 22.3. The fourth-order valence-corrected chi connectivity index (χ4v) is 4.09. The van der Waals surface area contributed by atoms with Gasteiger partial charge in [-0.05, 0) is 83.8 Å². The van der Waals surface area contributed by atoms with Crippen molar-refractivity contribution in [2.45, 2.75) is 20.8 Å². The number of ether oxygens (including phenoxy) is 2. The van der Waals surface area contributed by atoms with E-state index < -0.39 is 11.8 Å². The van der Waals surface area contributed by atoms with Crippen LogP contribution >= 0.6 is 44.1 Å². The molecule has 0 bridgehead atoms. The Kier molecular flexibility index (Phi) is 9.07. The summed E-state index contributed by atoms with van der Waals surface area (Å²) in [7, 11) is 0. The van der Waals surface area contributed by atoms with Gasteiger partial charge >= 0.3 is 0 Å². The molecule has 0 fully saturated rings. The van der Waals surface area contributed by atoms with Gasteiger partial charge in [0.1, 0.15) is 11.5 Å². The number of rotatable bonds is 6. The minimum Gasteiger partial charge on any atom is -0.483 e. The van der Waals surface area contributed by atoms with Gasteiger partial charge in [-0.25, -0.2) is 0 Å². The SMILES string of the molecule is Cc1ccc(C)c(OCC(=O)NC(=S)NNC(=O)COc2c(C)cc(Br)cc2Br)c1. The minimum atomic E-state index is -0.465. The number of aryl methyl sites for hydroxylation is 3. The predicted octanol–water partition coefficient (Wildman–Crippen LogP) is 3.62. The third-order valence-electron chi connectivity index (χ3n) is 3.81. The van der Waals surface area contributed by atoms with Crippen LogP contribution < -0.4 is 25.6 Å². The molecule has 160 valence electrons. The van der Waals surface area contributed by atoms with Crippen LogP contribution in [0.5, 0.6) is 11.5 Å². The standard InChI is InChI=1S/C20H21Br2N3O4S/c1-11-4-5-12(2)16(6-11)28-9-17(26)23-20(30)25-24-18(27)10-29-19-13(3)7-14(21)8-15(19)22/h4-8H,9-10H2,1-3H3,(H,24,27)(H2,23,25,26,30). The molecule has 0 aliphatic heterocycles. The van der Waals surface area contributed by atoms with Crippen molar-refractivity contribution in [3.63, 3.8) is 0 Å². The summed E-state index contributed by atoms with van der Waals surface area (Å²) in [4.78, 5) is 23.9. The molecule has 0 aliphatic rings. The van der Waals surface area contributed by atoms with Crippen molar-refractivity contribution >= 4 is 61.0 Å². The number of benzene rings is 2. The van der Waals surface area contributed by atoms with Crippen LogP contribution in [0.25, 0.3) is 0 Å². The molecule has 2 aromatic rings. The topological polar surface area (TPSA) is 88.7 Å². The number of amides is 2. The van der Waals surface area contributed by atoms with Gasteiger partial charge < -0.3 is 9.47 Å². The van der Waals surface area contributed by atoms with Crippen LogP contribution in [-0.4, -0.2) is 30.1 Å². The third kappa shape index (κ3) is 7.58. The highest BCUT2D eigenvalue weighted by Crippen LogP contribution is 2.32. The molecule has 2 aromatic carbocycles. The van der Waals surface area contributed by atoms with E-state index in [9.17, 15) is 9.59 Å². The zero-order valence-electron chi connectivity index (χ0n) is 16.6. The first-order valence-corrected chi connectivity index (χ1v) is 10.8. The van der Waals surface area contributed by atoms with E-state index in [1.807, 2.05) is 51.1 Å². The van der Waals surface area contributed by atoms with E-state index in [0.717, 1.165) is 25.6 Å². The Balaban J connectivity index is 1.73. The number of nitrogens with one attached hydrogen (secondary N) is 3. The van der Waals surface area contributed by atoms with E-state index >= 15 is 0 Å². The fourth-order valence-electron chi connectivity index (χ4n) is 2.37. The second-order valence-corrected chi connectivity index (χ2v) is 8.61. The first-order valence-electron chi connectivity index (χ1n) is 8.83. The molecule has 0 heterocycles. The van der Waals surface area contributed by atoms with E-state index in [2.05, 4.69) is 48.0 Å². The van der Waals surface area contributed by atoms with E-state index in [-0.39, 0.29) is 18.3 Å². The van der Waals surface area contributed by atoms with E-state index in [1.165, 1.54) is 0 Å². The summed E-state index contributed by atoms with van der Waals surface area (Å²) in [5, 5.41) is 2.37. The van der Waals surface area contributed by atoms with Crippen molar-refractivity contribution < 1.29 is 19.1 Å². The summed E-state index contributed by atoms with van der Waals surface area (Å²) >= 11 is 11.8. The Bertz CT molecular complexity index is 946. The largest absolute Gasteiger partial charge is 0.483 e. The van der Waals surface area contributed by atoms with Crippen LogP contribution in [-0.2, 0) is 9.59 Å². The Morgan fingerprint density at radius 1 is 0.933 bits per heavy atom. The van der Waals surface area contributed by atoms with Gasteiger partial charge in [0.05, 0.1) is 4.47 Å². The Morgan fingerprint density at radius 2 is 1.63 bits per heavy atom. The summed E-state index contributed by atoms with van der Waals surface area (Å²) in [6.07, 6.45) is 0. The van der Waals surface area contributed by atoms with Crippen LogP contribution in [0.3, 0.4) is 0 Å². The van der Waals surface area contributed by atoms with Crippen LogP contribution in [0, 0.1) is 20.8 Å². The van der Waals surface area contributed by atoms with Gasteiger partial charge in [0.25, 0.3) is 11.8 Å². The molecule has 3 N–H and O–H groups in total. The molecule has 0 saturated heterocycles. The number of thiocarbonyl (C=S) groups is 1. The van der Waals surface area contributed by atoms with Crippen molar-refractivity contribution in [2.24, 2.45) is 0 Å². The maximum Gasteiger partial charge on any atom is 0.276 e. The third-order valence-corrected chi connectivity index (χ3v) is 5.06. The van der Waals surface area contributed by atoms with Crippen LogP contribution in [0.2, 0.25) is 0 Å². The van der Waals surface area contributed by atoms with Gasteiger partial charge in [-0.1, -0.05) is 28.1 Å². The summed E-state index contributed by atoms with van der Waals surface area (Å²) in [5.74, 6) is 0.275. The molecule has 7 nitrogen and oxygen atoms in total. The highest BCUT2D eigenvalue weighted by molar-refractivity contribution is 9.11. The van der Waals surface area contributed by atoms with Crippen molar-refractivity contribution in [2.75, 3.05) is 13.2 Å². The molecule has 0 aliphatic carbocycles. The van der Waals surface area contributed by atoms with Crippen molar-refractivity contribution in [3.8, 4) is 11.5 Å².